The van der Waals surface area contributed by atoms with Crippen LogP contribution in [-0.4, -0.2) is 5.11 Å². The first kappa shape index (κ1) is 10.6. The van der Waals surface area contributed by atoms with Gasteiger partial charge in [0.15, 0.2) is 0 Å². The quantitative estimate of drug-likeness (QED) is 0.866. The van der Waals surface area contributed by atoms with Crippen molar-refractivity contribution in [3.63, 3.8) is 0 Å². The molecular formula is C11H12BrClOS. The van der Waals surface area contributed by atoms with Crippen LogP contribution in [0.5, 0.6) is 0 Å². The van der Waals surface area contributed by atoms with Crippen molar-refractivity contribution < 1.29 is 5.11 Å². The van der Waals surface area contributed by atoms with Crippen molar-refractivity contribution in [3.05, 3.63) is 19.8 Å². The van der Waals surface area contributed by atoms with Gasteiger partial charge in [-0.05, 0) is 59.0 Å². The number of halogens is 2. The monoisotopic (exact) mass is 306 g/mol. The number of hydrogen-bond donors (Lipinski definition) is 1. The Bertz CT molecular complexity index is 362. The van der Waals surface area contributed by atoms with E-state index in [1.807, 2.05) is 6.07 Å². The second kappa shape index (κ2) is 3.73. The van der Waals surface area contributed by atoms with Crippen LogP contribution in [0.4, 0.5) is 0 Å². The largest absolute Gasteiger partial charge is 0.387 e. The summed E-state index contributed by atoms with van der Waals surface area (Å²) in [4.78, 5) is 1.01. The van der Waals surface area contributed by atoms with Crippen molar-refractivity contribution >= 4 is 38.9 Å². The first-order valence-electron chi connectivity index (χ1n) is 5.28. The minimum Gasteiger partial charge on any atom is -0.387 e. The lowest BCUT2D eigenvalue weighted by Gasteiger charge is -2.17. The lowest BCUT2D eigenvalue weighted by molar-refractivity contribution is 0.108. The molecule has 1 aromatic heterocycles. The highest BCUT2D eigenvalue weighted by atomic mass is 79.9. The van der Waals surface area contributed by atoms with Crippen molar-refractivity contribution in [2.45, 2.75) is 25.4 Å². The number of fused-ring (bicyclic) bond motifs is 1. The Morgan fingerprint density at radius 2 is 2.07 bits per heavy atom. The van der Waals surface area contributed by atoms with E-state index in [4.69, 9.17) is 11.6 Å². The number of aliphatic hydroxyl groups excluding tert-OH is 1. The van der Waals surface area contributed by atoms with E-state index in [1.54, 1.807) is 0 Å². The number of thiophene rings is 1. The highest BCUT2D eigenvalue weighted by Gasteiger charge is 2.48. The van der Waals surface area contributed by atoms with Gasteiger partial charge in [0.1, 0.15) is 4.34 Å². The zero-order valence-corrected chi connectivity index (χ0v) is 11.3. The van der Waals surface area contributed by atoms with E-state index in [9.17, 15) is 5.11 Å². The SMILES string of the molecule is OC(c1cc(Br)c(Cl)s1)C1CC2CC2C1. The second-order valence-corrected chi connectivity index (χ2v) is 7.24. The third-order valence-electron chi connectivity index (χ3n) is 3.68. The Balaban J connectivity index is 1.76. The van der Waals surface area contributed by atoms with Crippen molar-refractivity contribution in [3.8, 4) is 0 Å². The molecule has 1 N–H and O–H groups in total. The van der Waals surface area contributed by atoms with Gasteiger partial charge < -0.3 is 5.11 Å². The molecule has 2 aliphatic rings. The summed E-state index contributed by atoms with van der Waals surface area (Å²) >= 11 is 10.9. The molecule has 1 aromatic rings. The normalized spacial score (nSPS) is 35.3. The summed E-state index contributed by atoms with van der Waals surface area (Å²) in [6.45, 7) is 0. The van der Waals surface area contributed by atoms with Gasteiger partial charge in [0.2, 0.25) is 0 Å². The van der Waals surface area contributed by atoms with E-state index >= 15 is 0 Å². The predicted octanol–water partition coefficient (Wildman–Crippen LogP) is 4.24. The van der Waals surface area contributed by atoms with Gasteiger partial charge >= 0.3 is 0 Å². The van der Waals surface area contributed by atoms with Crippen LogP contribution in [-0.2, 0) is 0 Å². The number of hydrogen-bond acceptors (Lipinski definition) is 2. The number of rotatable bonds is 2. The molecule has 3 atom stereocenters. The summed E-state index contributed by atoms with van der Waals surface area (Å²) in [7, 11) is 0. The topological polar surface area (TPSA) is 20.2 Å². The molecule has 4 heteroatoms. The number of aliphatic hydroxyl groups is 1. The van der Waals surface area contributed by atoms with Gasteiger partial charge in [-0.2, -0.15) is 0 Å². The Labute approximate surface area is 107 Å². The molecule has 0 bridgehead atoms. The third kappa shape index (κ3) is 1.88. The minimum absolute atomic E-state index is 0.299. The molecule has 15 heavy (non-hydrogen) atoms. The summed E-state index contributed by atoms with van der Waals surface area (Å²) in [5, 5.41) is 10.2. The molecule has 1 nitrogen and oxygen atoms in total. The molecule has 0 aliphatic heterocycles. The average molecular weight is 308 g/mol. The second-order valence-electron chi connectivity index (χ2n) is 4.70. The van der Waals surface area contributed by atoms with Crippen LogP contribution in [0.1, 0.15) is 30.2 Å². The van der Waals surface area contributed by atoms with Gasteiger partial charge in [-0.15, -0.1) is 11.3 Å². The van der Waals surface area contributed by atoms with E-state index in [0.29, 0.717) is 5.92 Å². The first-order valence-corrected chi connectivity index (χ1v) is 7.26. The molecule has 0 saturated heterocycles. The molecule has 2 saturated carbocycles. The Morgan fingerprint density at radius 1 is 1.40 bits per heavy atom. The summed E-state index contributed by atoms with van der Waals surface area (Å²) in [5.41, 5.74) is 0. The summed E-state index contributed by atoms with van der Waals surface area (Å²) in [5.74, 6) is 2.31. The summed E-state index contributed by atoms with van der Waals surface area (Å²) < 4.78 is 1.65. The van der Waals surface area contributed by atoms with E-state index in [0.717, 1.165) is 25.5 Å². The average Bonchev–Trinajstić information content (AvgIpc) is 2.66. The fourth-order valence-corrected chi connectivity index (χ4v) is 4.58. The van der Waals surface area contributed by atoms with E-state index in [-0.39, 0.29) is 6.10 Å². The fourth-order valence-electron chi connectivity index (χ4n) is 2.76. The summed E-state index contributed by atoms with van der Waals surface area (Å²) in [6.07, 6.45) is 3.52. The van der Waals surface area contributed by atoms with Crippen LogP contribution in [0.15, 0.2) is 10.5 Å². The maximum absolute atomic E-state index is 10.2. The first-order chi connectivity index (χ1) is 7.15. The predicted molar refractivity (Wildman–Crippen MR) is 66.3 cm³/mol. The zero-order valence-electron chi connectivity index (χ0n) is 8.12. The van der Waals surface area contributed by atoms with E-state index in [1.165, 1.54) is 30.6 Å². The Morgan fingerprint density at radius 3 is 2.60 bits per heavy atom. The van der Waals surface area contributed by atoms with Crippen molar-refractivity contribution in [1.82, 2.24) is 0 Å². The van der Waals surface area contributed by atoms with Gasteiger partial charge in [0.05, 0.1) is 6.10 Å². The molecule has 82 valence electrons. The minimum atomic E-state index is -0.299. The van der Waals surface area contributed by atoms with Gasteiger partial charge in [-0.3, -0.25) is 0 Å². The smallest absolute Gasteiger partial charge is 0.107 e. The van der Waals surface area contributed by atoms with Crippen LogP contribution in [0.2, 0.25) is 4.34 Å². The third-order valence-corrected chi connectivity index (χ3v) is 6.23. The highest BCUT2D eigenvalue weighted by Crippen LogP contribution is 2.57. The maximum Gasteiger partial charge on any atom is 0.107 e. The molecular weight excluding hydrogens is 296 g/mol. The highest BCUT2D eigenvalue weighted by molar-refractivity contribution is 9.10. The van der Waals surface area contributed by atoms with Gasteiger partial charge in [0.25, 0.3) is 0 Å². The molecule has 3 unspecified atom stereocenters. The lowest BCUT2D eigenvalue weighted by Crippen LogP contribution is -2.09. The van der Waals surface area contributed by atoms with Crippen LogP contribution in [0, 0.1) is 17.8 Å². The van der Waals surface area contributed by atoms with Crippen LogP contribution < -0.4 is 0 Å². The maximum atomic E-state index is 10.2. The lowest BCUT2D eigenvalue weighted by atomic mass is 9.96. The molecule has 1 heterocycles. The standard InChI is InChI=1S/C11H12BrClOS/c12-8-4-9(15-11(8)13)10(14)7-2-5-1-6(5)3-7/h4-7,10,14H,1-3H2. The van der Waals surface area contributed by atoms with Crippen molar-refractivity contribution in [1.29, 1.82) is 0 Å². The van der Waals surface area contributed by atoms with Crippen LogP contribution in [0.3, 0.4) is 0 Å². The molecule has 0 spiro atoms. The Kier molecular flexibility index (Phi) is 2.63. The molecule has 0 radical (unpaired) electrons. The zero-order chi connectivity index (χ0) is 10.6. The molecule has 0 aromatic carbocycles. The molecule has 2 fully saturated rings. The van der Waals surface area contributed by atoms with Crippen LogP contribution >= 0.6 is 38.9 Å². The van der Waals surface area contributed by atoms with Crippen molar-refractivity contribution in [2.75, 3.05) is 0 Å². The van der Waals surface area contributed by atoms with Gasteiger partial charge in [-0.25, -0.2) is 0 Å². The molecule has 0 amide bonds. The van der Waals surface area contributed by atoms with Crippen LogP contribution in [0.25, 0.3) is 0 Å². The molecule has 3 rings (SSSR count). The fraction of sp³-hybridized carbons (Fsp3) is 0.636. The molecule has 2 aliphatic carbocycles. The van der Waals surface area contributed by atoms with Gasteiger partial charge in [0, 0.05) is 9.35 Å². The van der Waals surface area contributed by atoms with Crippen molar-refractivity contribution in [2.24, 2.45) is 17.8 Å². The van der Waals surface area contributed by atoms with Gasteiger partial charge in [-0.1, -0.05) is 11.6 Å². The van der Waals surface area contributed by atoms with E-state index < -0.39 is 0 Å². The van der Waals surface area contributed by atoms with E-state index in [2.05, 4.69) is 15.9 Å². The summed E-state index contributed by atoms with van der Waals surface area (Å²) in [6, 6.07) is 1.96. The Hall–Kier alpha value is 0.430.